The third kappa shape index (κ3) is 10.2. The molecule has 0 N–H and O–H groups in total. The number of hydrogen-bond acceptors (Lipinski definition) is 4. The Labute approximate surface area is 467 Å². The average molecular weight is 1180 g/mol. The van der Waals surface area contributed by atoms with Gasteiger partial charge in [0, 0.05) is 66.6 Å². The average Bonchev–Trinajstić information content (AvgIpc) is 3.99. The van der Waals surface area contributed by atoms with Crippen LogP contribution in [0.25, 0.3) is 33.3 Å². The minimum absolute atomic E-state index is 0. The molecule has 2 aromatic heterocycles. The molecule has 0 atom stereocenters. The van der Waals surface area contributed by atoms with Crippen molar-refractivity contribution in [3.05, 3.63) is 239 Å². The first-order chi connectivity index (χ1) is 35.6. The molecule has 1 aliphatic rings. The van der Waals surface area contributed by atoms with Crippen LogP contribution in [0.3, 0.4) is 0 Å². The Bertz CT molecular complexity index is 3560. The van der Waals surface area contributed by atoms with Crippen molar-refractivity contribution in [3.8, 4) is 17.3 Å². The van der Waals surface area contributed by atoms with E-state index in [-0.39, 0.29) is 37.3 Å². The quantitative estimate of drug-likeness (QED) is 0.114. The van der Waals surface area contributed by atoms with E-state index in [1.54, 1.807) is 0 Å². The van der Waals surface area contributed by atoms with Gasteiger partial charge in [-0.2, -0.15) is 0 Å². The summed E-state index contributed by atoms with van der Waals surface area (Å²) in [5.41, 5.74) is 15.3. The van der Waals surface area contributed by atoms with E-state index in [9.17, 15) is 0 Å². The number of anilines is 2. The van der Waals surface area contributed by atoms with Crippen LogP contribution in [0.15, 0.2) is 170 Å². The van der Waals surface area contributed by atoms with Gasteiger partial charge in [-0.3, -0.25) is 0 Å². The van der Waals surface area contributed by atoms with Crippen molar-refractivity contribution < 1.29 is 25.8 Å². The molecule has 0 bridgehead atoms. The predicted octanol–water partition coefficient (Wildman–Crippen LogP) is 18.5. The van der Waals surface area contributed by atoms with E-state index < -0.39 is 5.41 Å². The SMILES string of the molecule is CC(C)c1cccc(C(C)C)c1C1=CN(c2[c-]c(Oc3[c-]c4c(c(C(C)(C)c5ccccc5)c3)c3ccccc3n4-c3cc(C(C)(C)c4ccccc4)ccn3)cc(C(C)(C)C)c2)[CH-]N1c1cccc(C(C)(C)C)c1.[Pt]. The van der Waals surface area contributed by atoms with Gasteiger partial charge < -0.3 is 19.1 Å². The number of hydrogen-bond donors (Lipinski definition) is 0. The van der Waals surface area contributed by atoms with Crippen LogP contribution in [0.2, 0.25) is 0 Å². The van der Waals surface area contributed by atoms with Gasteiger partial charge in [0.1, 0.15) is 5.82 Å². The Morgan fingerprint density at radius 1 is 0.539 bits per heavy atom. The number of benzene rings is 7. The Balaban J connectivity index is 0.00000706. The molecule has 0 fully saturated rings. The first-order valence-corrected chi connectivity index (χ1v) is 26.8. The Morgan fingerprint density at radius 3 is 1.75 bits per heavy atom. The van der Waals surface area contributed by atoms with E-state index in [0.717, 1.165) is 55.8 Å². The maximum atomic E-state index is 7.27. The zero-order valence-corrected chi connectivity index (χ0v) is 49.2. The monoisotopic (exact) mass is 1180 g/mol. The Morgan fingerprint density at radius 2 is 1.12 bits per heavy atom. The van der Waals surface area contributed by atoms with Crippen LogP contribution in [0.5, 0.6) is 11.5 Å². The molecule has 9 aromatic rings. The van der Waals surface area contributed by atoms with Crippen molar-refractivity contribution in [2.45, 2.75) is 130 Å². The molecular weight excluding hydrogens is 1110 g/mol. The van der Waals surface area contributed by atoms with Crippen molar-refractivity contribution in [2.75, 3.05) is 9.80 Å². The molecule has 0 aliphatic carbocycles. The van der Waals surface area contributed by atoms with Crippen molar-refractivity contribution in [1.29, 1.82) is 0 Å². The van der Waals surface area contributed by atoms with Crippen molar-refractivity contribution in [1.82, 2.24) is 9.55 Å². The van der Waals surface area contributed by atoms with Gasteiger partial charge in [-0.25, -0.2) is 4.98 Å². The van der Waals surface area contributed by atoms with Crippen LogP contribution in [0.1, 0.15) is 159 Å². The Kier molecular flexibility index (Phi) is 14.7. The minimum Gasteiger partial charge on any atom is -0.509 e. The van der Waals surface area contributed by atoms with Crippen LogP contribution in [-0.4, -0.2) is 9.55 Å². The Hall–Kier alpha value is -6.68. The fraction of sp³-hybridized carbons (Fsp3) is 0.286. The van der Waals surface area contributed by atoms with Gasteiger partial charge in [-0.05, 0) is 103 Å². The predicted molar refractivity (Wildman–Crippen MR) is 316 cm³/mol. The summed E-state index contributed by atoms with van der Waals surface area (Å²) in [7, 11) is 0. The fourth-order valence-corrected chi connectivity index (χ4v) is 10.9. The second kappa shape index (κ2) is 20.7. The van der Waals surface area contributed by atoms with E-state index in [2.05, 4.69) is 294 Å². The van der Waals surface area contributed by atoms with Crippen LogP contribution in [0.4, 0.5) is 11.4 Å². The summed E-state index contributed by atoms with van der Waals surface area (Å²) >= 11 is 0. The number of aromatic nitrogens is 2. The van der Waals surface area contributed by atoms with Crippen LogP contribution in [-0.2, 0) is 42.7 Å². The van der Waals surface area contributed by atoms with Gasteiger partial charge in [-0.15, -0.1) is 53.8 Å². The molecule has 6 heteroatoms. The standard InChI is InChI=1S/C70H73N4O.Pt/c1-46(2)57-32-24-33-58(47(3)4)65(57)63-44-72(45-73(63)53-30-23-29-50(37-53)67(5,6)7)54-38-52(68(8,9)10)39-55(41-54)75-56-42-60(70(13,14)49-27-19-16-20-28-49)66-59-31-21-22-34-61(59)74(62(66)43-56)64-40-51(35-36-71-64)69(11,12)48-25-17-15-18-26-48;/h15-40,42,44-47H,1-14H3;/q-3;. The summed E-state index contributed by atoms with van der Waals surface area (Å²) in [5.74, 6) is 2.68. The third-order valence-electron chi connectivity index (χ3n) is 15.6. The molecule has 0 radical (unpaired) electrons. The molecule has 5 nitrogen and oxygen atoms in total. The molecule has 0 spiro atoms. The van der Waals surface area contributed by atoms with E-state index in [1.165, 1.54) is 38.9 Å². The molecular formula is C70H73N4OPt-3. The fourth-order valence-electron chi connectivity index (χ4n) is 10.9. The molecule has 10 rings (SSSR count). The molecule has 3 heterocycles. The topological polar surface area (TPSA) is 33.5 Å². The van der Waals surface area contributed by atoms with Gasteiger partial charge in [0.25, 0.3) is 0 Å². The molecule has 76 heavy (non-hydrogen) atoms. The van der Waals surface area contributed by atoms with E-state index in [1.807, 2.05) is 6.20 Å². The first-order valence-electron chi connectivity index (χ1n) is 26.8. The van der Waals surface area contributed by atoms with Gasteiger partial charge in [0.15, 0.2) is 0 Å². The van der Waals surface area contributed by atoms with E-state index in [4.69, 9.17) is 9.72 Å². The van der Waals surface area contributed by atoms with Gasteiger partial charge in [0.05, 0.1) is 0 Å². The zero-order chi connectivity index (χ0) is 53.2. The van der Waals surface area contributed by atoms with E-state index in [0.29, 0.717) is 23.3 Å². The zero-order valence-electron chi connectivity index (χ0n) is 46.9. The van der Waals surface area contributed by atoms with Crippen molar-refractivity contribution in [3.63, 3.8) is 0 Å². The summed E-state index contributed by atoms with van der Waals surface area (Å²) < 4.78 is 9.55. The molecule has 0 unspecified atom stereocenters. The number of rotatable bonds is 12. The van der Waals surface area contributed by atoms with Gasteiger partial charge >= 0.3 is 0 Å². The maximum absolute atomic E-state index is 7.27. The number of fused-ring (bicyclic) bond motifs is 3. The largest absolute Gasteiger partial charge is 0.509 e. The second-order valence-electron chi connectivity index (χ2n) is 24.3. The summed E-state index contributed by atoms with van der Waals surface area (Å²) in [6.45, 7) is 34.3. The van der Waals surface area contributed by atoms with Crippen LogP contribution >= 0.6 is 0 Å². The van der Waals surface area contributed by atoms with Crippen LogP contribution in [0, 0.1) is 18.8 Å². The van der Waals surface area contributed by atoms with Crippen molar-refractivity contribution in [2.24, 2.45) is 0 Å². The first kappa shape index (κ1) is 54.1. The maximum Gasteiger partial charge on any atom is 0.135 e. The third-order valence-corrected chi connectivity index (χ3v) is 15.6. The molecule has 1 aliphatic heterocycles. The second-order valence-corrected chi connectivity index (χ2v) is 24.3. The summed E-state index contributed by atoms with van der Waals surface area (Å²) in [6, 6.07) is 64.8. The molecule has 0 saturated heterocycles. The number of ether oxygens (including phenoxy) is 1. The van der Waals surface area contributed by atoms with E-state index >= 15 is 0 Å². The summed E-state index contributed by atoms with van der Waals surface area (Å²) in [4.78, 5) is 9.75. The smallest absolute Gasteiger partial charge is 0.135 e. The number of nitrogens with zero attached hydrogens (tertiary/aromatic N) is 4. The molecule has 0 saturated carbocycles. The number of para-hydroxylation sites is 1. The molecule has 7 aromatic carbocycles. The van der Waals surface area contributed by atoms with Gasteiger partial charge in [-0.1, -0.05) is 217 Å². The molecule has 392 valence electrons. The molecule has 0 amide bonds. The summed E-state index contributed by atoms with van der Waals surface area (Å²) in [6.07, 6.45) is 4.25. The van der Waals surface area contributed by atoms with Crippen molar-refractivity contribution >= 4 is 38.9 Å². The normalized spacial score (nSPS) is 13.5. The van der Waals surface area contributed by atoms with Gasteiger partial charge in [0.2, 0.25) is 0 Å². The summed E-state index contributed by atoms with van der Waals surface area (Å²) in [5, 5.41) is 2.26. The number of pyridine rings is 1. The minimum atomic E-state index is -0.436. The van der Waals surface area contributed by atoms with Crippen LogP contribution < -0.4 is 14.5 Å².